The van der Waals surface area contributed by atoms with Gasteiger partial charge >= 0.3 is 0 Å². The van der Waals surface area contributed by atoms with Gasteiger partial charge in [0, 0.05) is 30.6 Å². The van der Waals surface area contributed by atoms with Gasteiger partial charge in [0.05, 0.1) is 24.1 Å². The van der Waals surface area contributed by atoms with Crippen molar-refractivity contribution in [2.45, 2.75) is 25.9 Å². The molecule has 1 aliphatic rings. The number of hydrogen-bond acceptors (Lipinski definition) is 3. The maximum absolute atomic E-state index is 4.85. The van der Waals surface area contributed by atoms with E-state index < -0.39 is 0 Å². The summed E-state index contributed by atoms with van der Waals surface area (Å²) in [5.41, 5.74) is 4.99. The molecule has 0 N–H and O–H groups in total. The molecule has 0 unspecified atom stereocenters. The molecule has 0 saturated carbocycles. The normalized spacial score (nSPS) is 13.7. The van der Waals surface area contributed by atoms with E-state index in [1.54, 1.807) is 0 Å². The minimum Gasteiger partial charge on any atom is -0.350 e. The second kappa shape index (κ2) is 6.88. The number of nitrogens with zero attached hydrogens (tertiary/aromatic N) is 4. The molecule has 4 nitrogen and oxygen atoms in total. The lowest BCUT2D eigenvalue weighted by atomic mass is 10.1. The molecule has 2 aromatic carbocycles. The lowest BCUT2D eigenvalue weighted by molar-refractivity contribution is 0.623. The summed E-state index contributed by atoms with van der Waals surface area (Å²) in [7, 11) is 0. The molecule has 134 valence electrons. The summed E-state index contributed by atoms with van der Waals surface area (Å²) >= 11 is 0. The monoisotopic (exact) mass is 354 g/mol. The van der Waals surface area contributed by atoms with E-state index in [0.717, 1.165) is 43.8 Å². The van der Waals surface area contributed by atoms with E-state index in [4.69, 9.17) is 9.97 Å². The lowest BCUT2D eigenvalue weighted by Gasteiger charge is -2.28. The van der Waals surface area contributed by atoms with E-state index in [9.17, 15) is 0 Å². The SMILES string of the molecule is c1ccc(CCn2cnc3c2CCN(c2ccc4ccccc4n2)C3)cc1. The van der Waals surface area contributed by atoms with Crippen LogP contribution in [-0.2, 0) is 25.9 Å². The van der Waals surface area contributed by atoms with Crippen LogP contribution in [0.4, 0.5) is 5.82 Å². The zero-order chi connectivity index (χ0) is 18.1. The van der Waals surface area contributed by atoms with Gasteiger partial charge in [-0.3, -0.25) is 0 Å². The predicted molar refractivity (Wildman–Crippen MR) is 109 cm³/mol. The van der Waals surface area contributed by atoms with Crippen molar-refractivity contribution < 1.29 is 0 Å². The third-order valence-corrected chi connectivity index (χ3v) is 5.38. The Kier molecular flexibility index (Phi) is 4.09. The fourth-order valence-electron chi connectivity index (χ4n) is 3.88. The number of aryl methyl sites for hydroxylation is 2. The highest BCUT2D eigenvalue weighted by Gasteiger charge is 2.22. The molecule has 0 amide bonds. The van der Waals surface area contributed by atoms with Gasteiger partial charge in [0.1, 0.15) is 5.82 Å². The fourth-order valence-corrected chi connectivity index (χ4v) is 3.88. The molecule has 1 aliphatic heterocycles. The van der Waals surface area contributed by atoms with Gasteiger partial charge in [-0.15, -0.1) is 0 Å². The van der Waals surface area contributed by atoms with Crippen LogP contribution in [-0.4, -0.2) is 21.1 Å². The average molecular weight is 354 g/mol. The largest absolute Gasteiger partial charge is 0.350 e. The number of anilines is 1. The van der Waals surface area contributed by atoms with E-state index >= 15 is 0 Å². The van der Waals surface area contributed by atoms with Gasteiger partial charge in [-0.2, -0.15) is 0 Å². The number of fused-ring (bicyclic) bond motifs is 2. The number of para-hydroxylation sites is 1. The third-order valence-electron chi connectivity index (χ3n) is 5.38. The van der Waals surface area contributed by atoms with Crippen LogP contribution in [0.1, 0.15) is 17.0 Å². The smallest absolute Gasteiger partial charge is 0.129 e. The molecule has 3 heterocycles. The van der Waals surface area contributed by atoms with Crippen molar-refractivity contribution in [3.63, 3.8) is 0 Å². The fraction of sp³-hybridized carbons (Fsp3) is 0.217. The van der Waals surface area contributed by atoms with Gasteiger partial charge in [0.2, 0.25) is 0 Å². The van der Waals surface area contributed by atoms with Crippen molar-refractivity contribution in [2.24, 2.45) is 0 Å². The van der Waals surface area contributed by atoms with Crippen molar-refractivity contribution in [1.29, 1.82) is 0 Å². The third kappa shape index (κ3) is 3.19. The molecule has 0 fully saturated rings. The second-order valence-corrected chi connectivity index (χ2v) is 7.10. The van der Waals surface area contributed by atoms with Crippen LogP contribution in [0.2, 0.25) is 0 Å². The van der Waals surface area contributed by atoms with Gasteiger partial charge in [0.25, 0.3) is 0 Å². The predicted octanol–water partition coefficient (Wildman–Crippen LogP) is 4.24. The highest BCUT2D eigenvalue weighted by Crippen LogP contribution is 2.24. The van der Waals surface area contributed by atoms with Crippen LogP contribution in [0.3, 0.4) is 0 Å². The summed E-state index contributed by atoms with van der Waals surface area (Å²) < 4.78 is 2.33. The number of pyridine rings is 1. The second-order valence-electron chi connectivity index (χ2n) is 7.10. The molecule has 5 rings (SSSR count). The average Bonchev–Trinajstić information content (AvgIpc) is 3.15. The first kappa shape index (κ1) is 16.1. The summed E-state index contributed by atoms with van der Waals surface area (Å²) in [6.45, 7) is 2.80. The van der Waals surface area contributed by atoms with Gasteiger partial charge in [-0.05, 0) is 30.2 Å². The lowest BCUT2D eigenvalue weighted by Crippen LogP contribution is -2.32. The summed E-state index contributed by atoms with van der Waals surface area (Å²) in [5.74, 6) is 1.04. The maximum atomic E-state index is 4.85. The first-order chi connectivity index (χ1) is 13.4. The number of benzene rings is 2. The van der Waals surface area contributed by atoms with Gasteiger partial charge in [-0.25, -0.2) is 9.97 Å². The molecule has 2 aromatic heterocycles. The zero-order valence-corrected chi connectivity index (χ0v) is 15.3. The molecule has 0 aliphatic carbocycles. The standard InChI is InChI=1S/C23H22N4/c1-2-6-18(7-3-1)12-14-27-17-24-21-16-26(15-13-22(21)27)23-11-10-19-8-4-5-9-20(19)25-23/h1-11,17H,12-16H2. The van der Waals surface area contributed by atoms with Crippen molar-refractivity contribution in [3.8, 4) is 0 Å². The molecule has 0 atom stereocenters. The Morgan fingerprint density at radius 1 is 0.889 bits per heavy atom. The van der Waals surface area contributed by atoms with Crippen LogP contribution in [0.25, 0.3) is 10.9 Å². The summed E-state index contributed by atoms with van der Waals surface area (Å²) in [6.07, 6.45) is 4.06. The molecular formula is C23H22N4. The Bertz CT molecular complexity index is 1070. The van der Waals surface area contributed by atoms with Crippen molar-refractivity contribution >= 4 is 16.7 Å². The molecule has 0 bridgehead atoms. The van der Waals surface area contributed by atoms with Gasteiger partial charge < -0.3 is 9.47 Å². The Balaban J connectivity index is 1.33. The molecule has 0 spiro atoms. The van der Waals surface area contributed by atoms with E-state index in [1.165, 1.54) is 22.3 Å². The first-order valence-electron chi connectivity index (χ1n) is 9.54. The maximum Gasteiger partial charge on any atom is 0.129 e. The molecular weight excluding hydrogens is 332 g/mol. The van der Waals surface area contributed by atoms with Crippen LogP contribution < -0.4 is 4.90 Å². The minimum absolute atomic E-state index is 0.832. The van der Waals surface area contributed by atoms with E-state index in [-0.39, 0.29) is 0 Å². The number of rotatable bonds is 4. The Hall–Kier alpha value is -3.14. The zero-order valence-electron chi connectivity index (χ0n) is 15.3. The van der Waals surface area contributed by atoms with Crippen molar-refractivity contribution in [2.75, 3.05) is 11.4 Å². The number of hydrogen-bond donors (Lipinski definition) is 0. The minimum atomic E-state index is 0.832. The molecule has 4 heteroatoms. The molecule has 0 saturated heterocycles. The summed E-state index contributed by atoms with van der Waals surface area (Å²) in [5, 5.41) is 1.18. The molecule has 27 heavy (non-hydrogen) atoms. The Morgan fingerprint density at radius 3 is 2.67 bits per heavy atom. The molecule has 4 aromatic rings. The van der Waals surface area contributed by atoms with Crippen LogP contribution in [0.5, 0.6) is 0 Å². The number of aromatic nitrogens is 3. The summed E-state index contributed by atoms with van der Waals surface area (Å²) in [6, 6.07) is 23.2. The van der Waals surface area contributed by atoms with Crippen molar-refractivity contribution in [3.05, 3.63) is 90.0 Å². The highest BCUT2D eigenvalue weighted by molar-refractivity contribution is 5.80. The van der Waals surface area contributed by atoms with E-state index in [2.05, 4.69) is 70.1 Å². The van der Waals surface area contributed by atoms with Crippen LogP contribution in [0, 0.1) is 0 Å². The Morgan fingerprint density at radius 2 is 1.74 bits per heavy atom. The first-order valence-corrected chi connectivity index (χ1v) is 9.54. The molecule has 0 radical (unpaired) electrons. The number of imidazole rings is 1. The van der Waals surface area contributed by atoms with Gasteiger partial charge in [0.15, 0.2) is 0 Å². The van der Waals surface area contributed by atoms with Crippen LogP contribution >= 0.6 is 0 Å². The quantitative estimate of drug-likeness (QED) is 0.550. The van der Waals surface area contributed by atoms with E-state index in [0.29, 0.717) is 0 Å². The van der Waals surface area contributed by atoms with Crippen molar-refractivity contribution in [1.82, 2.24) is 14.5 Å². The van der Waals surface area contributed by atoms with Gasteiger partial charge in [-0.1, -0.05) is 48.5 Å². The highest BCUT2D eigenvalue weighted by atomic mass is 15.2. The Labute approximate surface area is 159 Å². The van der Waals surface area contributed by atoms with E-state index in [1.807, 2.05) is 12.4 Å². The van der Waals surface area contributed by atoms with Crippen LogP contribution in [0.15, 0.2) is 73.1 Å². The summed E-state index contributed by atoms with van der Waals surface area (Å²) in [4.78, 5) is 11.9. The topological polar surface area (TPSA) is 34.0 Å².